The van der Waals surface area contributed by atoms with Crippen LogP contribution in [0, 0.1) is 0 Å². The van der Waals surface area contributed by atoms with Gasteiger partial charge in [0.05, 0.1) is 17.8 Å². The molecule has 1 N–H and O–H groups in total. The van der Waals surface area contributed by atoms with E-state index in [-0.39, 0.29) is 17.2 Å². The monoisotopic (exact) mass is 381 g/mol. The maximum absolute atomic E-state index is 12.5. The second kappa shape index (κ2) is 6.95. The van der Waals surface area contributed by atoms with Crippen molar-refractivity contribution in [3.8, 4) is 0 Å². The van der Waals surface area contributed by atoms with E-state index < -0.39 is 33.5 Å². The highest BCUT2D eigenvalue weighted by Crippen LogP contribution is 2.23. The van der Waals surface area contributed by atoms with E-state index in [0.717, 1.165) is 22.4 Å². The first kappa shape index (κ1) is 17.6. The molecule has 0 fully saturated rings. The normalized spacial score (nSPS) is 18.3. The number of hydroxylamine groups is 2. The van der Waals surface area contributed by atoms with Crippen molar-refractivity contribution in [1.29, 1.82) is 0 Å². The van der Waals surface area contributed by atoms with E-state index in [4.69, 9.17) is 4.74 Å². The van der Waals surface area contributed by atoms with Gasteiger partial charge in [0.1, 0.15) is 6.04 Å². The summed E-state index contributed by atoms with van der Waals surface area (Å²) in [6.45, 7) is 0. The molecule has 0 saturated carbocycles. The van der Waals surface area contributed by atoms with Crippen LogP contribution >= 0.6 is 11.3 Å². The zero-order chi connectivity index (χ0) is 18.0. The first-order valence-electron chi connectivity index (χ1n) is 7.34. The van der Waals surface area contributed by atoms with Gasteiger partial charge in [-0.1, -0.05) is 6.07 Å². The number of hydrogen-bond acceptors (Lipinski definition) is 7. The van der Waals surface area contributed by atoms with E-state index in [0.29, 0.717) is 5.56 Å². The van der Waals surface area contributed by atoms with E-state index in [1.54, 1.807) is 23.5 Å². The molecule has 0 bridgehead atoms. The van der Waals surface area contributed by atoms with Crippen LogP contribution in [0.2, 0.25) is 0 Å². The van der Waals surface area contributed by atoms with Gasteiger partial charge in [0.25, 0.3) is 0 Å². The molecule has 2 atom stereocenters. The number of thiophene rings is 1. The number of ketones is 1. The number of carbonyl (C=O) groups is 2. The fraction of sp³-hybridized carbons (Fsp3) is 0.250. The van der Waals surface area contributed by atoms with E-state index in [1.807, 2.05) is 17.5 Å². The number of ether oxygens (including phenoxy) is 1. The lowest BCUT2D eigenvalue weighted by molar-refractivity contribution is -0.168. The van der Waals surface area contributed by atoms with Crippen molar-refractivity contribution in [1.82, 2.24) is 5.06 Å². The minimum Gasteiger partial charge on any atom is -0.487 e. The third-order valence-electron chi connectivity index (χ3n) is 3.86. The molecule has 1 aromatic heterocycles. The third-order valence-corrected chi connectivity index (χ3v) is 6.38. The lowest BCUT2D eigenvalue weighted by Gasteiger charge is -2.26. The van der Waals surface area contributed by atoms with Gasteiger partial charge in [0.15, 0.2) is 15.9 Å². The summed E-state index contributed by atoms with van der Waals surface area (Å²) in [6, 6.07) is 5.94. The van der Waals surface area contributed by atoms with Crippen LogP contribution in [0.4, 0.5) is 0 Å². The minimum absolute atomic E-state index is 0.0621. The van der Waals surface area contributed by atoms with Crippen LogP contribution in [0.3, 0.4) is 0 Å². The van der Waals surface area contributed by atoms with Crippen LogP contribution in [0.5, 0.6) is 0 Å². The quantitative estimate of drug-likeness (QED) is 0.443. The van der Waals surface area contributed by atoms with E-state index in [1.165, 1.54) is 0 Å². The number of nitrogens with zero attached hydrogens (tertiary/aromatic N) is 1. The Hall–Kier alpha value is -2.23. The highest BCUT2D eigenvalue weighted by Gasteiger charge is 2.38. The Kier molecular flexibility index (Phi) is 4.89. The SMILES string of the molecule is O=CN(O)C(CS(=O)(=O)Cc1ccc2sccc2c1)[C@@H]1OC=CC1=O. The molecule has 2 aromatic rings. The summed E-state index contributed by atoms with van der Waals surface area (Å²) >= 11 is 1.56. The second-order valence-corrected chi connectivity index (χ2v) is 8.72. The van der Waals surface area contributed by atoms with Crippen molar-refractivity contribution in [2.24, 2.45) is 0 Å². The summed E-state index contributed by atoms with van der Waals surface area (Å²) in [4.78, 5) is 22.6. The summed E-state index contributed by atoms with van der Waals surface area (Å²) in [6.07, 6.45) is 1.08. The number of fused-ring (bicyclic) bond motifs is 1. The average molecular weight is 381 g/mol. The molecule has 1 aliphatic heterocycles. The summed E-state index contributed by atoms with van der Waals surface area (Å²) in [7, 11) is -3.72. The lowest BCUT2D eigenvalue weighted by Crippen LogP contribution is -2.48. The first-order chi connectivity index (χ1) is 11.9. The topological polar surface area (TPSA) is 101 Å². The maximum Gasteiger partial charge on any atom is 0.233 e. The Labute approximate surface area is 148 Å². The molecule has 1 aliphatic rings. The summed E-state index contributed by atoms with van der Waals surface area (Å²) in [5.41, 5.74) is 0.594. The van der Waals surface area contributed by atoms with Gasteiger partial charge >= 0.3 is 0 Å². The molecule has 2 heterocycles. The smallest absolute Gasteiger partial charge is 0.233 e. The molecule has 0 saturated heterocycles. The summed E-state index contributed by atoms with van der Waals surface area (Å²) < 4.78 is 31.2. The maximum atomic E-state index is 12.5. The van der Waals surface area contributed by atoms with E-state index in [2.05, 4.69) is 0 Å². The molecule has 1 aromatic carbocycles. The largest absolute Gasteiger partial charge is 0.487 e. The Balaban J connectivity index is 1.79. The number of sulfone groups is 1. The summed E-state index contributed by atoms with van der Waals surface area (Å²) in [5, 5.41) is 12.7. The Bertz CT molecular complexity index is 933. The highest BCUT2D eigenvalue weighted by atomic mass is 32.2. The van der Waals surface area contributed by atoms with Crippen LogP contribution in [0.1, 0.15) is 5.56 Å². The van der Waals surface area contributed by atoms with Gasteiger partial charge in [0, 0.05) is 10.8 Å². The highest BCUT2D eigenvalue weighted by molar-refractivity contribution is 7.90. The fourth-order valence-electron chi connectivity index (χ4n) is 2.69. The first-order valence-corrected chi connectivity index (χ1v) is 10.0. The molecule has 132 valence electrons. The molecule has 25 heavy (non-hydrogen) atoms. The number of benzene rings is 1. The van der Waals surface area contributed by atoms with Crippen molar-refractivity contribution in [2.45, 2.75) is 17.9 Å². The lowest BCUT2D eigenvalue weighted by atomic mass is 10.1. The van der Waals surface area contributed by atoms with Crippen LogP contribution in [0.25, 0.3) is 10.1 Å². The molecule has 1 amide bonds. The number of hydrogen-bond donors (Lipinski definition) is 1. The predicted octanol–water partition coefficient (Wildman–Crippen LogP) is 1.51. The number of carbonyl (C=O) groups excluding carboxylic acids is 2. The van der Waals surface area contributed by atoms with Crippen LogP contribution < -0.4 is 0 Å². The van der Waals surface area contributed by atoms with Crippen LogP contribution in [0.15, 0.2) is 42.0 Å². The Morgan fingerprint density at radius 2 is 2.16 bits per heavy atom. The molecule has 0 radical (unpaired) electrons. The number of rotatable bonds is 7. The molecule has 0 aliphatic carbocycles. The predicted molar refractivity (Wildman–Crippen MR) is 91.8 cm³/mol. The van der Waals surface area contributed by atoms with E-state index in [9.17, 15) is 23.2 Å². The van der Waals surface area contributed by atoms with Gasteiger partial charge in [-0.15, -0.1) is 11.3 Å². The molecule has 3 rings (SSSR count). The minimum atomic E-state index is -3.72. The van der Waals surface area contributed by atoms with Gasteiger partial charge in [-0.2, -0.15) is 0 Å². The summed E-state index contributed by atoms with van der Waals surface area (Å²) in [5.74, 6) is -1.36. The van der Waals surface area contributed by atoms with Gasteiger partial charge in [-0.25, -0.2) is 13.5 Å². The molecule has 0 spiro atoms. The van der Waals surface area contributed by atoms with Crippen molar-refractivity contribution in [2.75, 3.05) is 5.75 Å². The zero-order valence-corrected chi connectivity index (χ0v) is 14.6. The molecule has 7 nitrogen and oxygen atoms in total. The average Bonchev–Trinajstić information content (AvgIpc) is 3.19. The molecular formula is C16H15NO6S2. The fourth-order valence-corrected chi connectivity index (χ4v) is 5.12. The molecule has 9 heteroatoms. The van der Waals surface area contributed by atoms with Crippen molar-refractivity contribution >= 4 is 43.5 Å². The number of amides is 1. The van der Waals surface area contributed by atoms with Crippen LogP contribution in [-0.4, -0.2) is 48.8 Å². The Morgan fingerprint density at radius 3 is 2.84 bits per heavy atom. The van der Waals surface area contributed by atoms with Gasteiger partial charge in [-0.3, -0.25) is 14.8 Å². The van der Waals surface area contributed by atoms with Gasteiger partial charge in [-0.05, 0) is 34.5 Å². The van der Waals surface area contributed by atoms with Crippen molar-refractivity contribution in [3.63, 3.8) is 0 Å². The zero-order valence-electron chi connectivity index (χ0n) is 12.9. The van der Waals surface area contributed by atoms with Crippen LogP contribution in [-0.2, 0) is 29.9 Å². The third kappa shape index (κ3) is 3.89. The van der Waals surface area contributed by atoms with Gasteiger partial charge < -0.3 is 4.74 Å². The Morgan fingerprint density at radius 1 is 1.36 bits per heavy atom. The second-order valence-electron chi connectivity index (χ2n) is 5.66. The molecule has 1 unspecified atom stereocenters. The standard InChI is InChI=1S/C16H15NO6S2/c18-10-17(20)13(16-14(19)3-5-23-16)9-25(21,22)8-11-1-2-15-12(7-11)4-6-24-15/h1-7,10,13,16,20H,8-9H2/t13?,16-/m0/s1. The molecular weight excluding hydrogens is 366 g/mol. The van der Waals surface area contributed by atoms with Crippen molar-refractivity contribution in [3.05, 3.63) is 47.5 Å². The van der Waals surface area contributed by atoms with E-state index >= 15 is 0 Å². The van der Waals surface area contributed by atoms with Gasteiger partial charge in [0.2, 0.25) is 12.2 Å². The van der Waals surface area contributed by atoms with Crippen molar-refractivity contribution < 1.29 is 28.0 Å².